The predicted octanol–water partition coefficient (Wildman–Crippen LogP) is 0.694. The number of hydrogen-bond donors (Lipinski definition) is 1. The van der Waals surface area contributed by atoms with Gasteiger partial charge in [0.05, 0.1) is 19.8 Å². The van der Waals surface area contributed by atoms with Crippen molar-refractivity contribution in [3.8, 4) is 0 Å². The Morgan fingerprint density at radius 1 is 1.06 bits per heavy atom. The Morgan fingerprint density at radius 2 is 1.69 bits per heavy atom. The second kappa shape index (κ2) is 12.2. The van der Waals surface area contributed by atoms with Crippen molar-refractivity contribution in [1.82, 2.24) is 0 Å². The van der Waals surface area contributed by atoms with Gasteiger partial charge in [-0.05, 0) is 12.8 Å². The van der Waals surface area contributed by atoms with E-state index in [0.29, 0.717) is 26.1 Å². The second-order valence-electron chi connectivity index (χ2n) is 3.19. The van der Waals surface area contributed by atoms with E-state index in [4.69, 9.17) is 14.6 Å². The van der Waals surface area contributed by atoms with Gasteiger partial charge in [-0.3, -0.25) is 0 Å². The zero-order chi connectivity index (χ0) is 12.1. The molecule has 1 N–H and O–H groups in total. The minimum atomic E-state index is -0.539. The van der Waals surface area contributed by atoms with Crippen molar-refractivity contribution >= 4 is 0 Å². The highest BCUT2D eigenvalue weighted by Crippen LogP contribution is 1.96. The topological polar surface area (TPSA) is 97.6 Å². The maximum atomic E-state index is 10.4. The Hall–Kier alpha value is -0.920. The van der Waals surface area contributed by atoms with Gasteiger partial charge in [-0.15, -0.1) is 0 Å². The minimum absolute atomic E-state index is 0.0639. The number of nitroso groups, excluding NO2 is 2. The fourth-order valence-corrected chi connectivity index (χ4v) is 0.945. The average molecular weight is 234 g/mol. The molecule has 0 aromatic rings. The van der Waals surface area contributed by atoms with E-state index in [1.165, 1.54) is 0 Å². The van der Waals surface area contributed by atoms with E-state index in [-0.39, 0.29) is 26.4 Å². The first-order valence-corrected chi connectivity index (χ1v) is 5.23. The van der Waals surface area contributed by atoms with Crippen LogP contribution in [0, 0.1) is 9.81 Å². The standard InChI is InChI=1S/C9H18N2O5/c12-4-2-6-16-8-9(11-14)7-15-5-1-3-10-13/h9,12H,1-8H2/t9-/m1/s1. The summed E-state index contributed by atoms with van der Waals surface area (Å²) in [5.41, 5.74) is 0. The van der Waals surface area contributed by atoms with Crippen LogP contribution in [0.15, 0.2) is 10.4 Å². The van der Waals surface area contributed by atoms with Gasteiger partial charge in [-0.1, -0.05) is 10.4 Å². The molecule has 0 aromatic heterocycles. The van der Waals surface area contributed by atoms with Gasteiger partial charge >= 0.3 is 0 Å². The summed E-state index contributed by atoms with van der Waals surface area (Å²) in [6, 6.07) is -0.539. The summed E-state index contributed by atoms with van der Waals surface area (Å²) < 4.78 is 10.2. The predicted molar refractivity (Wildman–Crippen MR) is 58.2 cm³/mol. The fourth-order valence-electron chi connectivity index (χ4n) is 0.945. The van der Waals surface area contributed by atoms with E-state index < -0.39 is 6.04 Å². The highest BCUT2D eigenvalue weighted by molar-refractivity contribution is 4.63. The van der Waals surface area contributed by atoms with Crippen molar-refractivity contribution in [3.05, 3.63) is 9.81 Å². The van der Waals surface area contributed by atoms with Gasteiger partial charge in [0.25, 0.3) is 0 Å². The van der Waals surface area contributed by atoms with Crippen LogP contribution in [0.1, 0.15) is 12.8 Å². The third-order valence-corrected chi connectivity index (χ3v) is 1.75. The van der Waals surface area contributed by atoms with Gasteiger partial charge in [-0.2, -0.15) is 9.81 Å². The molecule has 0 heterocycles. The van der Waals surface area contributed by atoms with Crippen molar-refractivity contribution in [2.75, 3.05) is 39.6 Å². The lowest BCUT2D eigenvalue weighted by atomic mass is 10.3. The van der Waals surface area contributed by atoms with Crippen LogP contribution in [0.4, 0.5) is 0 Å². The minimum Gasteiger partial charge on any atom is -0.396 e. The molecule has 0 aliphatic carbocycles. The molecular weight excluding hydrogens is 216 g/mol. The van der Waals surface area contributed by atoms with Crippen LogP contribution in [0.5, 0.6) is 0 Å². The summed E-state index contributed by atoms with van der Waals surface area (Å²) in [5, 5.41) is 14.0. The van der Waals surface area contributed by atoms with Crippen LogP contribution in [-0.4, -0.2) is 50.7 Å². The van der Waals surface area contributed by atoms with E-state index in [0.717, 1.165) is 0 Å². The first kappa shape index (κ1) is 15.1. The SMILES string of the molecule is O=NCCCOC[C@H](COCCCO)N=O. The Morgan fingerprint density at radius 3 is 2.19 bits per heavy atom. The summed E-state index contributed by atoms with van der Waals surface area (Å²) in [6.45, 7) is 1.43. The summed E-state index contributed by atoms with van der Waals surface area (Å²) in [6.07, 6.45) is 1.08. The maximum absolute atomic E-state index is 10.4. The van der Waals surface area contributed by atoms with Crippen LogP contribution in [-0.2, 0) is 9.47 Å². The summed E-state index contributed by atoms with van der Waals surface area (Å²) in [4.78, 5) is 20.1. The molecule has 16 heavy (non-hydrogen) atoms. The number of rotatable bonds is 12. The normalized spacial score (nSPS) is 12.3. The monoisotopic (exact) mass is 234 g/mol. The summed E-state index contributed by atoms with van der Waals surface area (Å²) in [5.74, 6) is 0. The van der Waals surface area contributed by atoms with E-state index in [9.17, 15) is 9.81 Å². The molecular formula is C9H18N2O5. The number of aliphatic hydroxyl groups excluding tert-OH is 1. The number of nitrogens with zero attached hydrogens (tertiary/aromatic N) is 2. The second-order valence-corrected chi connectivity index (χ2v) is 3.19. The first-order valence-electron chi connectivity index (χ1n) is 5.23. The van der Waals surface area contributed by atoms with Gasteiger partial charge in [0.15, 0.2) is 0 Å². The van der Waals surface area contributed by atoms with Crippen molar-refractivity contribution < 1.29 is 14.6 Å². The molecule has 0 saturated carbocycles. The zero-order valence-electron chi connectivity index (χ0n) is 9.21. The van der Waals surface area contributed by atoms with Crippen LogP contribution < -0.4 is 0 Å². The molecule has 94 valence electrons. The molecule has 0 saturated heterocycles. The summed E-state index contributed by atoms with van der Waals surface area (Å²) in [7, 11) is 0. The molecule has 1 atom stereocenters. The molecule has 0 rings (SSSR count). The van der Waals surface area contributed by atoms with Crippen LogP contribution in [0.2, 0.25) is 0 Å². The lowest BCUT2D eigenvalue weighted by Gasteiger charge is -2.09. The molecule has 0 bridgehead atoms. The van der Waals surface area contributed by atoms with Crippen LogP contribution in [0.25, 0.3) is 0 Å². The van der Waals surface area contributed by atoms with Crippen molar-refractivity contribution in [1.29, 1.82) is 0 Å². The molecule has 0 radical (unpaired) electrons. The third-order valence-electron chi connectivity index (χ3n) is 1.75. The Balaban J connectivity index is 3.36. The van der Waals surface area contributed by atoms with Crippen molar-refractivity contribution in [2.24, 2.45) is 10.4 Å². The Kier molecular flexibility index (Phi) is 11.5. The van der Waals surface area contributed by atoms with Crippen molar-refractivity contribution in [3.63, 3.8) is 0 Å². The lowest BCUT2D eigenvalue weighted by Crippen LogP contribution is -2.20. The van der Waals surface area contributed by atoms with Gasteiger partial charge in [0, 0.05) is 19.8 Å². The first-order chi connectivity index (χ1) is 7.85. The molecule has 0 unspecified atom stereocenters. The molecule has 0 aliphatic rings. The molecule has 0 fully saturated rings. The smallest absolute Gasteiger partial charge is 0.138 e. The molecule has 7 heteroatoms. The zero-order valence-corrected chi connectivity index (χ0v) is 9.21. The largest absolute Gasteiger partial charge is 0.396 e. The maximum Gasteiger partial charge on any atom is 0.138 e. The quantitative estimate of drug-likeness (QED) is 0.396. The number of aliphatic hydroxyl groups is 1. The van der Waals surface area contributed by atoms with Gasteiger partial charge in [-0.25, -0.2) is 0 Å². The molecule has 0 spiro atoms. The van der Waals surface area contributed by atoms with E-state index in [2.05, 4.69) is 10.4 Å². The Bertz CT molecular complexity index is 179. The molecule has 7 nitrogen and oxygen atoms in total. The van der Waals surface area contributed by atoms with Gasteiger partial charge in [0.1, 0.15) is 6.04 Å². The van der Waals surface area contributed by atoms with E-state index >= 15 is 0 Å². The van der Waals surface area contributed by atoms with Crippen LogP contribution in [0.3, 0.4) is 0 Å². The number of hydrogen-bond acceptors (Lipinski definition) is 7. The molecule has 0 aliphatic heterocycles. The molecule has 0 aromatic carbocycles. The van der Waals surface area contributed by atoms with Crippen molar-refractivity contribution in [2.45, 2.75) is 18.9 Å². The third kappa shape index (κ3) is 9.63. The van der Waals surface area contributed by atoms with Gasteiger partial charge < -0.3 is 14.6 Å². The van der Waals surface area contributed by atoms with E-state index in [1.807, 2.05) is 0 Å². The highest BCUT2D eigenvalue weighted by atomic mass is 16.5. The molecule has 0 amide bonds. The Labute approximate surface area is 94.1 Å². The fraction of sp³-hybridized carbons (Fsp3) is 1.00. The summed E-state index contributed by atoms with van der Waals surface area (Å²) >= 11 is 0. The van der Waals surface area contributed by atoms with E-state index in [1.54, 1.807) is 0 Å². The average Bonchev–Trinajstić information content (AvgIpc) is 2.31. The number of ether oxygens (including phenoxy) is 2. The lowest BCUT2D eigenvalue weighted by molar-refractivity contribution is 0.0618. The highest BCUT2D eigenvalue weighted by Gasteiger charge is 2.08. The van der Waals surface area contributed by atoms with Crippen LogP contribution >= 0.6 is 0 Å². The van der Waals surface area contributed by atoms with Gasteiger partial charge in [0.2, 0.25) is 0 Å².